The van der Waals surface area contributed by atoms with E-state index in [0.717, 1.165) is 18.7 Å². The van der Waals surface area contributed by atoms with Gasteiger partial charge in [-0.25, -0.2) is 0 Å². The van der Waals surface area contributed by atoms with Gasteiger partial charge in [-0.2, -0.15) is 0 Å². The van der Waals surface area contributed by atoms with Crippen molar-refractivity contribution in [3.8, 4) is 0 Å². The molecule has 0 aliphatic carbocycles. The van der Waals surface area contributed by atoms with Gasteiger partial charge < -0.3 is 4.90 Å². The number of nitrogens with zero attached hydrogens (tertiary/aromatic N) is 2. The van der Waals surface area contributed by atoms with Crippen LogP contribution in [-0.2, 0) is 0 Å². The van der Waals surface area contributed by atoms with E-state index < -0.39 is 0 Å². The number of hydrogen-bond donors (Lipinski definition) is 0. The van der Waals surface area contributed by atoms with Crippen molar-refractivity contribution in [2.45, 2.75) is 17.7 Å². The normalized spacial score (nSPS) is 15.9. The molecular weight excluding hydrogens is 268 g/mol. The van der Waals surface area contributed by atoms with Gasteiger partial charge in [-0.1, -0.05) is 12.1 Å². The Hall–Kier alpha value is -0.840. The molecule has 0 atom stereocenters. The molecule has 1 aliphatic heterocycles. The number of ketones is 1. The van der Waals surface area contributed by atoms with Crippen LogP contribution in [0.25, 0.3) is 0 Å². The zero-order valence-electron chi connectivity index (χ0n) is 12.5. The minimum atomic E-state index is 0.210. The Morgan fingerprint density at radius 2 is 1.90 bits per heavy atom. The Bertz CT molecular complexity index is 427. The van der Waals surface area contributed by atoms with Crippen LogP contribution in [0.15, 0.2) is 29.2 Å². The van der Waals surface area contributed by atoms with Crippen molar-refractivity contribution < 1.29 is 4.79 Å². The molecule has 0 saturated carbocycles. The topological polar surface area (TPSA) is 23.6 Å². The second kappa shape index (κ2) is 7.81. The smallest absolute Gasteiger partial charge is 0.176 e. The van der Waals surface area contributed by atoms with Crippen LogP contribution in [0.2, 0.25) is 0 Å². The Balaban J connectivity index is 1.77. The lowest BCUT2D eigenvalue weighted by atomic mass is 10.1. The Kier molecular flexibility index (Phi) is 6.07. The highest BCUT2D eigenvalue weighted by Gasteiger charge is 2.13. The second-order valence-corrected chi connectivity index (χ2v) is 6.32. The molecule has 1 heterocycles. The van der Waals surface area contributed by atoms with Crippen LogP contribution in [0, 0.1) is 0 Å². The van der Waals surface area contributed by atoms with Crippen molar-refractivity contribution in [2.24, 2.45) is 0 Å². The third-order valence-corrected chi connectivity index (χ3v) is 4.57. The molecule has 4 heteroatoms. The standard InChI is InChI=1S/C16H24N2OS/c1-17(11-12-18-9-3-4-10-18)13-16(19)14-5-7-15(20-2)8-6-14/h5-8H,3-4,9-13H2,1-2H3. The molecule has 0 bridgehead atoms. The van der Waals surface area contributed by atoms with Gasteiger partial charge in [-0.15, -0.1) is 11.8 Å². The van der Waals surface area contributed by atoms with Gasteiger partial charge in [0, 0.05) is 23.5 Å². The molecular formula is C16H24N2OS. The van der Waals surface area contributed by atoms with Crippen LogP contribution in [0.3, 0.4) is 0 Å². The van der Waals surface area contributed by atoms with Crippen molar-refractivity contribution in [1.29, 1.82) is 0 Å². The SMILES string of the molecule is CSc1ccc(C(=O)CN(C)CCN2CCCC2)cc1. The number of benzene rings is 1. The minimum Gasteiger partial charge on any atom is -0.302 e. The molecule has 0 amide bonds. The highest BCUT2D eigenvalue weighted by Crippen LogP contribution is 2.15. The number of carbonyl (C=O) groups excluding carboxylic acids is 1. The van der Waals surface area contributed by atoms with Gasteiger partial charge in [-0.05, 0) is 51.4 Å². The van der Waals surface area contributed by atoms with Crippen molar-refractivity contribution in [3.05, 3.63) is 29.8 Å². The Morgan fingerprint density at radius 1 is 1.25 bits per heavy atom. The molecule has 1 saturated heterocycles. The molecule has 110 valence electrons. The molecule has 0 spiro atoms. The van der Waals surface area contributed by atoms with Gasteiger partial charge in [0.05, 0.1) is 6.54 Å². The van der Waals surface area contributed by atoms with Crippen molar-refractivity contribution in [2.75, 3.05) is 46.0 Å². The molecule has 3 nitrogen and oxygen atoms in total. The van der Waals surface area contributed by atoms with Crippen LogP contribution >= 0.6 is 11.8 Å². The van der Waals surface area contributed by atoms with E-state index in [2.05, 4.69) is 9.80 Å². The van der Waals surface area contributed by atoms with Crippen molar-refractivity contribution in [1.82, 2.24) is 9.80 Å². The summed E-state index contributed by atoms with van der Waals surface area (Å²) in [6.45, 7) is 4.99. The first-order valence-corrected chi connectivity index (χ1v) is 8.49. The summed E-state index contributed by atoms with van der Waals surface area (Å²) in [5, 5.41) is 0. The molecule has 1 fully saturated rings. The third-order valence-electron chi connectivity index (χ3n) is 3.82. The fourth-order valence-corrected chi connectivity index (χ4v) is 2.92. The predicted molar refractivity (Wildman–Crippen MR) is 85.7 cm³/mol. The second-order valence-electron chi connectivity index (χ2n) is 5.44. The summed E-state index contributed by atoms with van der Waals surface area (Å²) in [6, 6.07) is 7.90. The van der Waals surface area contributed by atoms with Gasteiger partial charge in [0.25, 0.3) is 0 Å². The Morgan fingerprint density at radius 3 is 2.50 bits per heavy atom. The molecule has 0 N–H and O–H groups in total. The van der Waals surface area contributed by atoms with Gasteiger partial charge in [0.15, 0.2) is 5.78 Å². The van der Waals surface area contributed by atoms with E-state index in [1.807, 2.05) is 37.6 Å². The number of likely N-dealkylation sites (tertiary alicyclic amines) is 1. The summed E-state index contributed by atoms with van der Waals surface area (Å²) in [6.07, 6.45) is 4.69. The Labute approximate surface area is 126 Å². The molecule has 0 unspecified atom stereocenters. The molecule has 0 radical (unpaired) electrons. The average molecular weight is 292 g/mol. The largest absolute Gasteiger partial charge is 0.302 e. The fourth-order valence-electron chi connectivity index (χ4n) is 2.51. The first kappa shape index (κ1) is 15.5. The maximum Gasteiger partial charge on any atom is 0.176 e. The van der Waals surface area contributed by atoms with Crippen LogP contribution < -0.4 is 0 Å². The maximum atomic E-state index is 12.2. The first-order valence-electron chi connectivity index (χ1n) is 7.27. The number of likely N-dealkylation sites (N-methyl/N-ethyl adjacent to an activating group) is 1. The maximum absolute atomic E-state index is 12.2. The highest BCUT2D eigenvalue weighted by atomic mass is 32.2. The van der Waals surface area contributed by atoms with Crippen LogP contribution in [0.5, 0.6) is 0 Å². The number of thioether (sulfide) groups is 1. The summed E-state index contributed by atoms with van der Waals surface area (Å²) in [5.74, 6) is 0.210. The van der Waals surface area contributed by atoms with Gasteiger partial charge in [-0.3, -0.25) is 9.69 Å². The highest BCUT2D eigenvalue weighted by molar-refractivity contribution is 7.98. The van der Waals surface area contributed by atoms with Crippen molar-refractivity contribution >= 4 is 17.5 Å². The molecule has 1 aromatic rings. The monoisotopic (exact) mass is 292 g/mol. The minimum absolute atomic E-state index is 0.210. The summed E-state index contributed by atoms with van der Waals surface area (Å²) in [7, 11) is 2.03. The third kappa shape index (κ3) is 4.62. The number of Topliss-reactive ketones (excluding diaryl/α,β-unsaturated/α-hetero) is 1. The van der Waals surface area contributed by atoms with E-state index in [-0.39, 0.29) is 5.78 Å². The van der Waals surface area contributed by atoms with E-state index in [0.29, 0.717) is 6.54 Å². The average Bonchev–Trinajstić information content (AvgIpc) is 2.98. The predicted octanol–water partition coefficient (Wildman–Crippen LogP) is 2.62. The molecule has 20 heavy (non-hydrogen) atoms. The zero-order chi connectivity index (χ0) is 14.4. The molecule has 2 rings (SSSR count). The van der Waals surface area contributed by atoms with Crippen LogP contribution in [-0.4, -0.2) is 61.6 Å². The van der Waals surface area contributed by atoms with E-state index in [1.54, 1.807) is 11.8 Å². The van der Waals surface area contributed by atoms with Crippen LogP contribution in [0.4, 0.5) is 0 Å². The number of rotatable bonds is 7. The summed E-state index contributed by atoms with van der Waals surface area (Å²) in [5.41, 5.74) is 0.816. The fraction of sp³-hybridized carbons (Fsp3) is 0.562. The van der Waals surface area contributed by atoms with E-state index in [4.69, 9.17) is 0 Å². The molecule has 0 aromatic heterocycles. The first-order chi connectivity index (χ1) is 9.69. The van der Waals surface area contributed by atoms with E-state index in [1.165, 1.54) is 30.8 Å². The van der Waals surface area contributed by atoms with E-state index in [9.17, 15) is 4.79 Å². The van der Waals surface area contributed by atoms with Gasteiger partial charge in [0.1, 0.15) is 0 Å². The lowest BCUT2D eigenvalue weighted by Crippen LogP contribution is -2.34. The van der Waals surface area contributed by atoms with Gasteiger partial charge in [0.2, 0.25) is 0 Å². The molecule has 1 aliphatic rings. The lowest BCUT2D eigenvalue weighted by molar-refractivity contribution is 0.0941. The summed E-state index contributed by atoms with van der Waals surface area (Å²) < 4.78 is 0. The number of hydrogen-bond acceptors (Lipinski definition) is 4. The van der Waals surface area contributed by atoms with Crippen LogP contribution in [0.1, 0.15) is 23.2 Å². The quantitative estimate of drug-likeness (QED) is 0.569. The molecule has 1 aromatic carbocycles. The summed E-state index contributed by atoms with van der Waals surface area (Å²) in [4.78, 5) is 18.0. The van der Waals surface area contributed by atoms with Gasteiger partial charge >= 0.3 is 0 Å². The summed E-state index contributed by atoms with van der Waals surface area (Å²) >= 11 is 1.70. The van der Waals surface area contributed by atoms with E-state index >= 15 is 0 Å². The zero-order valence-corrected chi connectivity index (χ0v) is 13.3. The van der Waals surface area contributed by atoms with Crippen molar-refractivity contribution in [3.63, 3.8) is 0 Å². The lowest BCUT2D eigenvalue weighted by Gasteiger charge is -2.20. The number of carbonyl (C=O) groups is 1.